The number of amides is 1. The zero-order valence-electron chi connectivity index (χ0n) is 18.0. The van der Waals surface area contributed by atoms with Crippen LogP contribution in [0.1, 0.15) is 38.2 Å². The average molecular weight is 447 g/mol. The summed E-state index contributed by atoms with van der Waals surface area (Å²) in [6.45, 7) is 2.56. The number of aromatic amines is 1. The minimum Gasteiger partial charge on any atom is -0.431 e. The van der Waals surface area contributed by atoms with Crippen molar-refractivity contribution in [1.82, 2.24) is 20.2 Å². The fraction of sp³-hybridized carbons (Fsp3) is 0.360. The SMILES string of the molecule is CC(=O)NC1CC2CC[C@H](C1)N2Cc1c[nH]c2cc(Oc3nc4ccccc4s3)ccc12. The minimum absolute atomic E-state index is 0.0864. The lowest BCUT2D eigenvalue weighted by Crippen LogP contribution is -2.49. The van der Waals surface area contributed by atoms with Gasteiger partial charge < -0.3 is 15.0 Å². The molecule has 2 aliphatic rings. The summed E-state index contributed by atoms with van der Waals surface area (Å²) >= 11 is 1.56. The van der Waals surface area contributed by atoms with Crippen molar-refractivity contribution in [3.05, 3.63) is 54.2 Å². The van der Waals surface area contributed by atoms with E-state index in [1.807, 2.05) is 24.3 Å². The zero-order chi connectivity index (χ0) is 21.7. The van der Waals surface area contributed by atoms with E-state index in [1.165, 1.54) is 23.8 Å². The van der Waals surface area contributed by atoms with Gasteiger partial charge in [0, 0.05) is 54.8 Å². The van der Waals surface area contributed by atoms with Crippen LogP contribution in [0.15, 0.2) is 48.7 Å². The second-order valence-electron chi connectivity index (χ2n) is 9.00. The number of aromatic nitrogens is 2. The molecule has 0 spiro atoms. The van der Waals surface area contributed by atoms with E-state index in [9.17, 15) is 4.79 Å². The number of carbonyl (C=O) groups is 1. The van der Waals surface area contributed by atoms with Gasteiger partial charge in [-0.25, -0.2) is 4.98 Å². The number of carbonyl (C=O) groups excluding carboxylic acids is 1. The first-order valence-electron chi connectivity index (χ1n) is 11.3. The third-order valence-electron chi connectivity index (χ3n) is 6.86. The largest absolute Gasteiger partial charge is 0.431 e. The predicted molar refractivity (Wildman–Crippen MR) is 127 cm³/mol. The van der Waals surface area contributed by atoms with Crippen molar-refractivity contribution in [3.8, 4) is 10.9 Å². The van der Waals surface area contributed by atoms with E-state index in [-0.39, 0.29) is 5.91 Å². The highest BCUT2D eigenvalue weighted by Gasteiger charge is 2.40. The molecule has 2 saturated heterocycles. The highest BCUT2D eigenvalue weighted by Crippen LogP contribution is 2.38. The number of thiazole rings is 1. The van der Waals surface area contributed by atoms with Crippen LogP contribution in [0.3, 0.4) is 0 Å². The Hall–Kier alpha value is -2.90. The Morgan fingerprint density at radius 2 is 2.03 bits per heavy atom. The smallest absolute Gasteiger partial charge is 0.279 e. The number of benzene rings is 2. The van der Waals surface area contributed by atoms with E-state index in [2.05, 4.69) is 44.6 Å². The van der Waals surface area contributed by atoms with E-state index >= 15 is 0 Å². The maximum atomic E-state index is 11.5. The number of ether oxygens (including phenoxy) is 1. The maximum Gasteiger partial charge on any atom is 0.279 e. The summed E-state index contributed by atoms with van der Waals surface area (Å²) in [6, 6.07) is 15.7. The lowest BCUT2D eigenvalue weighted by atomic mass is 9.96. The molecule has 7 heteroatoms. The number of rotatable bonds is 5. The number of fused-ring (bicyclic) bond motifs is 4. The Morgan fingerprint density at radius 1 is 1.22 bits per heavy atom. The fourth-order valence-corrected chi connectivity index (χ4v) is 6.32. The molecule has 32 heavy (non-hydrogen) atoms. The molecule has 2 aliphatic heterocycles. The van der Waals surface area contributed by atoms with E-state index in [4.69, 9.17) is 4.74 Å². The third-order valence-corrected chi connectivity index (χ3v) is 7.78. The highest BCUT2D eigenvalue weighted by molar-refractivity contribution is 7.20. The van der Waals surface area contributed by atoms with Crippen LogP contribution in [0.4, 0.5) is 0 Å². The van der Waals surface area contributed by atoms with Crippen LogP contribution < -0.4 is 10.1 Å². The molecule has 2 N–H and O–H groups in total. The number of para-hydroxylation sites is 1. The standard InChI is InChI=1S/C25H26N4O2S/c1-15(30)27-17-10-18-6-7-19(11-17)29(18)14-16-13-26-23-12-20(8-9-21(16)23)31-25-28-22-4-2-3-5-24(22)32-25/h2-5,8-9,12-13,17-19,26H,6-7,10-11,14H2,1H3,(H,27,30)/t17?,18-,19?/m1/s1. The first kappa shape index (κ1) is 19.8. The normalized spacial score (nSPS) is 23.1. The first-order valence-corrected chi connectivity index (χ1v) is 12.1. The quantitative estimate of drug-likeness (QED) is 0.442. The van der Waals surface area contributed by atoms with Crippen molar-refractivity contribution >= 4 is 38.4 Å². The Balaban J connectivity index is 1.18. The number of nitrogens with one attached hydrogen (secondary N) is 2. The van der Waals surface area contributed by atoms with Crippen molar-refractivity contribution in [1.29, 1.82) is 0 Å². The summed E-state index contributed by atoms with van der Waals surface area (Å²) in [5, 5.41) is 5.04. The summed E-state index contributed by atoms with van der Waals surface area (Å²) < 4.78 is 7.19. The van der Waals surface area contributed by atoms with Crippen LogP contribution >= 0.6 is 11.3 Å². The van der Waals surface area contributed by atoms with Crippen LogP contribution in [0.5, 0.6) is 10.9 Å². The fourth-order valence-electron chi connectivity index (χ4n) is 5.49. The molecule has 2 bridgehead atoms. The average Bonchev–Trinajstić information content (AvgIpc) is 3.42. The molecule has 0 aliphatic carbocycles. The van der Waals surface area contributed by atoms with E-state index in [0.29, 0.717) is 23.3 Å². The number of H-pyrrole nitrogens is 1. The summed E-state index contributed by atoms with van der Waals surface area (Å²) in [4.78, 5) is 22.1. The Bertz CT molecular complexity index is 1250. The van der Waals surface area contributed by atoms with Crippen LogP contribution in [0.25, 0.3) is 21.1 Å². The van der Waals surface area contributed by atoms with Crippen molar-refractivity contribution < 1.29 is 9.53 Å². The van der Waals surface area contributed by atoms with Crippen molar-refractivity contribution in [2.45, 2.75) is 57.3 Å². The molecule has 4 heterocycles. The van der Waals surface area contributed by atoms with Gasteiger partial charge >= 0.3 is 0 Å². The summed E-state index contributed by atoms with van der Waals surface area (Å²) in [7, 11) is 0. The van der Waals surface area contributed by atoms with Gasteiger partial charge in [-0.2, -0.15) is 0 Å². The zero-order valence-corrected chi connectivity index (χ0v) is 18.8. The van der Waals surface area contributed by atoms with Gasteiger partial charge in [0.2, 0.25) is 5.91 Å². The predicted octanol–water partition coefficient (Wildman–Crippen LogP) is 5.20. The van der Waals surface area contributed by atoms with Gasteiger partial charge in [-0.3, -0.25) is 9.69 Å². The minimum atomic E-state index is 0.0864. The molecule has 0 saturated carbocycles. The molecule has 6 rings (SSSR count). The van der Waals surface area contributed by atoms with E-state index in [1.54, 1.807) is 18.3 Å². The Morgan fingerprint density at radius 3 is 2.81 bits per heavy atom. The Kier molecular flexibility index (Phi) is 4.88. The molecule has 3 atom stereocenters. The van der Waals surface area contributed by atoms with Gasteiger partial charge in [-0.15, -0.1) is 0 Å². The molecule has 6 nitrogen and oxygen atoms in total. The van der Waals surface area contributed by atoms with Crippen LogP contribution in [-0.4, -0.2) is 38.9 Å². The monoisotopic (exact) mass is 446 g/mol. The van der Waals surface area contributed by atoms with Gasteiger partial charge in [0.15, 0.2) is 0 Å². The van der Waals surface area contributed by atoms with E-state index in [0.717, 1.165) is 40.9 Å². The summed E-state index contributed by atoms with van der Waals surface area (Å²) in [6.07, 6.45) is 6.69. The molecule has 4 aromatic rings. The second kappa shape index (κ2) is 7.90. The number of hydrogen-bond acceptors (Lipinski definition) is 5. The van der Waals surface area contributed by atoms with Crippen molar-refractivity contribution in [2.24, 2.45) is 0 Å². The van der Waals surface area contributed by atoms with Crippen LogP contribution in [-0.2, 0) is 11.3 Å². The maximum absolute atomic E-state index is 11.5. The summed E-state index contributed by atoms with van der Waals surface area (Å²) in [5.74, 6) is 0.879. The molecular weight excluding hydrogens is 420 g/mol. The second-order valence-corrected chi connectivity index (χ2v) is 9.99. The molecule has 2 fully saturated rings. The number of piperidine rings is 1. The molecule has 0 radical (unpaired) electrons. The summed E-state index contributed by atoms with van der Waals surface area (Å²) in [5.41, 5.74) is 3.37. The molecular formula is C25H26N4O2S. The molecule has 2 unspecified atom stereocenters. The molecule has 1 amide bonds. The molecule has 2 aromatic carbocycles. The third kappa shape index (κ3) is 3.65. The van der Waals surface area contributed by atoms with Gasteiger partial charge in [0.25, 0.3) is 5.19 Å². The first-order chi connectivity index (χ1) is 15.6. The topological polar surface area (TPSA) is 70.2 Å². The highest BCUT2D eigenvalue weighted by atomic mass is 32.1. The number of nitrogens with zero attached hydrogens (tertiary/aromatic N) is 2. The number of hydrogen-bond donors (Lipinski definition) is 2. The van der Waals surface area contributed by atoms with Gasteiger partial charge in [0.05, 0.1) is 10.2 Å². The van der Waals surface area contributed by atoms with Crippen LogP contribution in [0, 0.1) is 0 Å². The van der Waals surface area contributed by atoms with Crippen molar-refractivity contribution in [2.75, 3.05) is 0 Å². The van der Waals surface area contributed by atoms with E-state index < -0.39 is 0 Å². The van der Waals surface area contributed by atoms with Crippen molar-refractivity contribution in [3.63, 3.8) is 0 Å². The lowest BCUT2D eigenvalue weighted by Gasteiger charge is -2.39. The Labute approximate surface area is 190 Å². The van der Waals surface area contributed by atoms with Gasteiger partial charge in [0.1, 0.15) is 5.75 Å². The molecule has 164 valence electrons. The van der Waals surface area contributed by atoms with Gasteiger partial charge in [-0.1, -0.05) is 23.5 Å². The van der Waals surface area contributed by atoms with Gasteiger partial charge in [-0.05, 0) is 55.5 Å². The lowest BCUT2D eigenvalue weighted by molar-refractivity contribution is -0.120. The molecule has 2 aromatic heterocycles. The van der Waals surface area contributed by atoms with Crippen LogP contribution in [0.2, 0.25) is 0 Å².